The molecule has 4 N–H and O–H groups in total. The Bertz CT molecular complexity index is 1370. The average molecular weight is 451 g/mol. The van der Waals surface area contributed by atoms with Crippen molar-refractivity contribution in [2.75, 3.05) is 0 Å². The van der Waals surface area contributed by atoms with E-state index in [1.165, 1.54) is 25.1 Å². The first-order valence-corrected chi connectivity index (χ1v) is 9.71. The van der Waals surface area contributed by atoms with Crippen LogP contribution in [0.3, 0.4) is 0 Å². The number of hydrogen-bond donors (Lipinski definition) is 3. The number of hydrogen-bond acceptors (Lipinski definition) is 6. The maximum absolute atomic E-state index is 14.8. The summed E-state index contributed by atoms with van der Waals surface area (Å²) in [4.78, 5) is 8.10. The number of nitrogens with two attached hydrogens (primary N) is 1. The van der Waals surface area contributed by atoms with E-state index in [-0.39, 0.29) is 34.2 Å². The van der Waals surface area contributed by atoms with E-state index < -0.39 is 23.4 Å². The molecule has 33 heavy (non-hydrogen) atoms. The molecule has 0 unspecified atom stereocenters. The Balaban J connectivity index is 1.70. The Labute approximate surface area is 187 Å². The fraction of sp³-hybridized carbons (Fsp3) is 0.0870. The van der Waals surface area contributed by atoms with E-state index in [0.29, 0.717) is 5.82 Å². The number of amidine groups is 1. The normalized spacial score (nSPS) is 10.8. The van der Waals surface area contributed by atoms with E-state index in [4.69, 9.17) is 20.6 Å². The monoisotopic (exact) mass is 451 g/mol. The molecule has 0 aliphatic heterocycles. The van der Waals surface area contributed by atoms with Crippen LogP contribution in [-0.2, 0) is 7.05 Å². The van der Waals surface area contributed by atoms with Gasteiger partial charge in [-0.2, -0.15) is 4.98 Å². The summed E-state index contributed by atoms with van der Waals surface area (Å²) in [6.07, 6.45) is 3.43. The van der Waals surface area contributed by atoms with Gasteiger partial charge in [0.15, 0.2) is 23.1 Å². The number of benzene rings is 2. The van der Waals surface area contributed by atoms with Gasteiger partial charge in [0.05, 0.1) is 0 Å². The Morgan fingerprint density at radius 3 is 2.48 bits per heavy atom. The second kappa shape index (κ2) is 8.58. The number of aryl methyl sites for hydroxylation is 1. The number of aromatic hydroxyl groups is 1. The maximum atomic E-state index is 14.8. The lowest BCUT2D eigenvalue weighted by atomic mass is 10.2. The molecule has 2 heterocycles. The molecule has 0 spiro atoms. The highest BCUT2D eigenvalue weighted by atomic mass is 19.1. The van der Waals surface area contributed by atoms with Crippen LogP contribution in [0.1, 0.15) is 11.1 Å². The van der Waals surface area contributed by atoms with Gasteiger partial charge in [0.2, 0.25) is 0 Å². The van der Waals surface area contributed by atoms with Crippen molar-refractivity contribution in [1.29, 1.82) is 5.41 Å². The zero-order valence-electron chi connectivity index (χ0n) is 17.6. The molecule has 8 nitrogen and oxygen atoms in total. The van der Waals surface area contributed by atoms with Crippen molar-refractivity contribution in [3.8, 4) is 40.4 Å². The van der Waals surface area contributed by atoms with Crippen LogP contribution in [0.25, 0.3) is 11.4 Å². The van der Waals surface area contributed by atoms with Crippen LogP contribution in [0.5, 0.6) is 29.0 Å². The van der Waals surface area contributed by atoms with Gasteiger partial charge >= 0.3 is 0 Å². The molecule has 168 valence electrons. The second-order valence-electron chi connectivity index (χ2n) is 7.16. The number of ether oxygens (including phenoxy) is 2. The van der Waals surface area contributed by atoms with Gasteiger partial charge in [-0.1, -0.05) is 12.1 Å². The molecule has 0 aliphatic rings. The number of nitrogen functional groups attached to an aromatic ring is 1. The minimum atomic E-state index is -1.06. The predicted octanol–water partition coefficient (Wildman–Crippen LogP) is 4.64. The lowest BCUT2D eigenvalue weighted by Gasteiger charge is -2.14. The Hall–Kier alpha value is -4.47. The summed E-state index contributed by atoms with van der Waals surface area (Å²) in [5.74, 6) is -3.08. The molecule has 2 aromatic carbocycles. The fourth-order valence-corrected chi connectivity index (χ4v) is 3.06. The number of pyridine rings is 1. The topological polar surface area (TPSA) is 119 Å². The van der Waals surface area contributed by atoms with E-state index in [2.05, 4.69) is 9.97 Å². The first-order valence-electron chi connectivity index (χ1n) is 9.71. The SMILES string of the molecule is Cc1c(F)c(Oc2cccc(-c3nccn3C)c2)nc(Oc2cc(C(=N)N)ccc2O)c1F. The number of phenols is 1. The largest absolute Gasteiger partial charge is 0.504 e. The van der Waals surface area contributed by atoms with Gasteiger partial charge in [-0.15, -0.1) is 0 Å². The lowest BCUT2D eigenvalue weighted by molar-refractivity contribution is 0.358. The van der Waals surface area contributed by atoms with E-state index in [0.717, 1.165) is 5.56 Å². The molecule has 0 amide bonds. The molecule has 0 atom stereocenters. The van der Waals surface area contributed by atoms with Crippen molar-refractivity contribution >= 4 is 5.84 Å². The maximum Gasteiger partial charge on any atom is 0.259 e. The molecule has 2 aromatic heterocycles. The highest BCUT2D eigenvalue weighted by molar-refractivity contribution is 5.95. The van der Waals surface area contributed by atoms with Gasteiger partial charge in [0, 0.05) is 36.1 Å². The van der Waals surface area contributed by atoms with Crippen molar-refractivity contribution in [1.82, 2.24) is 14.5 Å². The first-order chi connectivity index (χ1) is 15.7. The third-order valence-corrected chi connectivity index (χ3v) is 4.84. The zero-order chi connectivity index (χ0) is 23.7. The molecule has 0 aliphatic carbocycles. The summed E-state index contributed by atoms with van der Waals surface area (Å²) in [5.41, 5.74) is 6.03. The summed E-state index contributed by atoms with van der Waals surface area (Å²) >= 11 is 0. The second-order valence-corrected chi connectivity index (χ2v) is 7.16. The third-order valence-electron chi connectivity index (χ3n) is 4.84. The van der Waals surface area contributed by atoms with Crippen molar-refractivity contribution in [3.05, 3.63) is 77.6 Å². The molecule has 4 aromatic rings. The van der Waals surface area contributed by atoms with Gasteiger partial charge in [0.25, 0.3) is 11.8 Å². The van der Waals surface area contributed by atoms with Crippen LogP contribution >= 0.6 is 0 Å². The van der Waals surface area contributed by atoms with Gasteiger partial charge in [-0.05, 0) is 37.3 Å². The van der Waals surface area contributed by atoms with Crippen LogP contribution in [-0.4, -0.2) is 25.5 Å². The molecular formula is C23H19F2N5O3. The van der Waals surface area contributed by atoms with Crippen LogP contribution in [0.15, 0.2) is 54.9 Å². The molecule has 0 fully saturated rings. The number of rotatable bonds is 6. The Kier molecular flexibility index (Phi) is 5.65. The third kappa shape index (κ3) is 4.31. The minimum Gasteiger partial charge on any atom is -0.504 e. The first kappa shape index (κ1) is 21.8. The quantitative estimate of drug-likeness (QED) is 0.290. The number of aromatic nitrogens is 3. The molecular weight excluding hydrogens is 432 g/mol. The van der Waals surface area contributed by atoms with Crippen LogP contribution in [0, 0.1) is 24.0 Å². The Morgan fingerprint density at radius 2 is 1.82 bits per heavy atom. The van der Waals surface area contributed by atoms with Gasteiger partial charge < -0.3 is 24.9 Å². The lowest BCUT2D eigenvalue weighted by Crippen LogP contribution is -2.11. The molecule has 10 heteroatoms. The zero-order valence-corrected chi connectivity index (χ0v) is 17.6. The summed E-state index contributed by atoms with van der Waals surface area (Å²) in [5, 5.41) is 17.5. The highest BCUT2D eigenvalue weighted by Crippen LogP contribution is 2.36. The summed E-state index contributed by atoms with van der Waals surface area (Å²) < 4.78 is 42.3. The van der Waals surface area contributed by atoms with Gasteiger partial charge in [0.1, 0.15) is 17.4 Å². The minimum absolute atomic E-state index is 0.206. The number of nitrogens with one attached hydrogen (secondary N) is 1. The molecule has 0 radical (unpaired) electrons. The standard InChI is InChI=1S/C23H19F2N5O3/c1-12-18(24)22(32-15-5-3-4-14(10-15)21-28-8-9-30(21)2)29-23(19(12)25)33-17-11-13(20(26)27)6-7-16(17)31/h3-11,31H,1-2H3,(H3,26,27). The number of phenolic OH excluding ortho intramolecular Hbond substituents is 1. The van der Waals surface area contributed by atoms with E-state index >= 15 is 0 Å². The highest BCUT2D eigenvalue weighted by Gasteiger charge is 2.22. The molecule has 4 rings (SSSR count). The van der Waals surface area contributed by atoms with Crippen molar-refractivity contribution in [3.63, 3.8) is 0 Å². The number of halogens is 2. The van der Waals surface area contributed by atoms with Crippen LogP contribution < -0.4 is 15.2 Å². The van der Waals surface area contributed by atoms with E-state index in [1.54, 1.807) is 30.6 Å². The van der Waals surface area contributed by atoms with Crippen LogP contribution in [0.4, 0.5) is 8.78 Å². The van der Waals surface area contributed by atoms with Gasteiger partial charge in [-0.25, -0.2) is 13.8 Å². The summed E-state index contributed by atoms with van der Waals surface area (Å²) in [6, 6.07) is 10.6. The van der Waals surface area contributed by atoms with Gasteiger partial charge in [-0.3, -0.25) is 5.41 Å². The number of nitrogens with zero attached hydrogens (tertiary/aromatic N) is 3. The smallest absolute Gasteiger partial charge is 0.259 e. The molecule has 0 saturated carbocycles. The van der Waals surface area contributed by atoms with Crippen molar-refractivity contribution < 1.29 is 23.4 Å². The summed E-state index contributed by atoms with van der Waals surface area (Å²) in [6.45, 7) is 1.21. The molecule has 0 bridgehead atoms. The average Bonchev–Trinajstić information content (AvgIpc) is 3.22. The predicted molar refractivity (Wildman–Crippen MR) is 117 cm³/mol. The summed E-state index contributed by atoms with van der Waals surface area (Å²) in [7, 11) is 1.83. The Morgan fingerprint density at radius 1 is 1.09 bits per heavy atom. The fourth-order valence-electron chi connectivity index (χ4n) is 3.06. The number of imidazole rings is 1. The van der Waals surface area contributed by atoms with Crippen LogP contribution in [0.2, 0.25) is 0 Å². The van der Waals surface area contributed by atoms with E-state index in [1.807, 2.05) is 17.7 Å². The van der Waals surface area contributed by atoms with Crippen molar-refractivity contribution in [2.45, 2.75) is 6.92 Å². The van der Waals surface area contributed by atoms with E-state index in [9.17, 15) is 13.9 Å². The molecule has 0 saturated heterocycles. The van der Waals surface area contributed by atoms with Crippen molar-refractivity contribution in [2.24, 2.45) is 12.8 Å².